The number of halogens is 2. The first-order valence-corrected chi connectivity index (χ1v) is 9.59. The van der Waals surface area contributed by atoms with Gasteiger partial charge in [-0.3, -0.25) is 4.79 Å². The van der Waals surface area contributed by atoms with E-state index in [1.54, 1.807) is 0 Å². The normalized spacial score (nSPS) is 28.8. The summed E-state index contributed by atoms with van der Waals surface area (Å²) in [6.07, 6.45) is 6.63. The Kier molecular flexibility index (Phi) is 7.14. The molecule has 0 saturated heterocycles. The average molecular weight is 416 g/mol. The van der Waals surface area contributed by atoms with Gasteiger partial charge in [-0.1, -0.05) is 34.5 Å². The molecule has 0 aliphatic heterocycles. The van der Waals surface area contributed by atoms with Crippen LogP contribution in [0.15, 0.2) is 28.7 Å². The molecule has 1 aromatic carbocycles. The van der Waals surface area contributed by atoms with E-state index >= 15 is 0 Å². The average Bonchev–Trinajstić information content (AvgIpc) is 2.53. The van der Waals surface area contributed by atoms with Crippen LogP contribution >= 0.6 is 28.3 Å². The first-order chi connectivity index (χ1) is 11.0. The summed E-state index contributed by atoms with van der Waals surface area (Å²) >= 11 is 3.45. The van der Waals surface area contributed by atoms with E-state index in [-0.39, 0.29) is 18.3 Å². The number of fused-ring (bicyclic) bond motifs is 2. The molecule has 0 radical (unpaired) electrons. The first kappa shape index (κ1) is 19.7. The monoisotopic (exact) mass is 414 g/mol. The van der Waals surface area contributed by atoms with Crippen molar-refractivity contribution >= 4 is 34.2 Å². The van der Waals surface area contributed by atoms with Crippen LogP contribution in [0.25, 0.3) is 0 Å². The van der Waals surface area contributed by atoms with Crippen molar-refractivity contribution in [1.82, 2.24) is 4.90 Å². The molecule has 1 amide bonds. The standard InChI is InChI=1S/C19H27BrN2O.ClH/c1-22(10-9-13-5-7-17(20)8-6-13)19(23)16-11-14-3-2-4-15(12-16)18(14)21;/h5-8,14-16,18H,2-4,9-12,21H2,1H3;1H. The van der Waals surface area contributed by atoms with Crippen LogP contribution in [0.1, 0.15) is 37.7 Å². The fourth-order valence-electron chi connectivity index (χ4n) is 4.36. The Hall–Kier alpha value is -0.580. The zero-order valence-corrected chi connectivity index (χ0v) is 16.7. The molecule has 0 heterocycles. The topological polar surface area (TPSA) is 46.3 Å². The highest BCUT2D eigenvalue weighted by atomic mass is 79.9. The summed E-state index contributed by atoms with van der Waals surface area (Å²) < 4.78 is 1.09. The minimum atomic E-state index is 0. The van der Waals surface area contributed by atoms with Gasteiger partial charge in [0.2, 0.25) is 5.91 Å². The second kappa shape index (κ2) is 8.68. The molecule has 2 fully saturated rings. The van der Waals surface area contributed by atoms with Crippen molar-refractivity contribution in [2.75, 3.05) is 13.6 Å². The van der Waals surface area contributed by atoms with E-state index < -0.39 is 0 Å². The zero-order chi connectivity index (χ0) is 16.4. The van der Waals surface area contributed by atoms with E-state index in [1.165, 1.54) is 24.8 Å². The van der Waals surface area contributed by atoms with E-state index in [0.717, 1.165) is 30.3 Å². The molecule has 2 aliphatic rings. The Morgan fingerprint density at radius 2 is 1.79 bits per heavy atom. The number of rotatable bonds is 4. The smallest absolute Gasteiger partial charge is 0.225 e. The molecule has 2 unspecified atom stereocenters. The van der Waals surface area contributed by atoms with Crippen LogP contribution in [0, 0.1) is 17.8 Å². The van der Waals surface area contributed by atoms with Gasteiger partial charge >= 0.3 is 0 Å². The molecule has 24 heavy (non-hydrogen) atoms. The third-order valence-corrected chi connectivity index (χ3v) is 6.32. The Morgan fingerprint density at radius 1 is 1.21 bits per heavy atom. The van der Waals surface area contributed by atoms with Gasteiger partial charge in [0.25, 0.3) is 0 Å². The van der Waals surface area contributed by atoms with Gasteiger partial charge < -0.3 is 10.6 Å². The molecule has 1 aromatic rings. The first-order valence-electron chi connectivity index (χ1n) is 8.79. The molecule has 2 N–H and O–H groups in total. The van der Waals surface area contributed by atoms with Gasteiger partial charge in [-0.2, -0.15) is 0 Å². The van der Waals surface area contributed by atoms with Crippen LogP contribution in [-0.2, 0) is 11.2 Å². The van der Waals surface area contributed by atoms with Crippen LogP contribution < -0.4 is 5.73 Å². The minimum Gasteiger partial charge on any atom is -0.345 e. The van der Waals surface area contributed by atoms with Crippen LogP contribution in [0.3, 0.4) is 0 Å². The number of hydrogen-bond donors (Lipinski definition) is 1. The van der Waals surface area contributed by atoms with Crippen LogP contribution in [0.4, 0.5) is 0 Å². The van der Waals surface area contributed by atoms with Crippen molar-refractivity contribution in [1.29, 1.82) is 0 Å². The number of likely N-dealkylation sites (N-methyl/N-ethyl adjacent to an activating group) is 1. The number of benzene rings is 1. The molecule has 3 nitrogen and oxygen atoms in total. The molecular weight excluding hydrogens is 388 g/mol. The van der Waals surface area contributed by atoms with Gasteiger partial charge in [-0.05, 0) is 61.6 Å². The highest BCUT2D eigenvalue weighted by Gasteiger charge is 2.41. The number of hydrogen-bond acceptors (Lipinski definition) is 2. The summed E-state index contributed by atoms with van der Waals surface area (Å²) in [6.45, 7) is 0.790. The maximum Gasteiger partial charge on any atom is 0.225 e. The maximum absolute atomic E-state index is 12.8. The van der Waals surface area contributed by atoms with Crippen LogP contribution in [0.5, 0.6) is 0 Å². The summed E-state index contributed by atoms with van der Waals surface area (Å²) in [5.74, 6) is 1.65. The van der Waals surface area contributed by atoms with E-state index in [0.29, 0.717) is 23.8 Å². The minimum absolute atomic E-state index is 0. The predicted octanol–water partition coefficient (Wildman–Crippen LogP) is 4.03. The molecule has 5 heteroatoms. The number of nitrogens with zero attached hydrogens (tertiary/aromatic N) is 1. The van der Waals surface area contributed by atoms with Crippen molar-refractivity contribution in [2.24, 2.45) is 23.5 Å². The van der Waals surface area contributed by atoms with Crippen molar-refractivity contribution in [3.63, 3.8) is 0 Å². The van der Waals surface area contributed by atoms with Gasteiger partial charge in [0.05, 0.1) is 0 Å². The molecular formula is C19H28BrClN2O. The van der Waals surface area contributed by atoms with Crippen molar-refractivity contribution < 1.29 is 4.79 Å². The van der Waals surface area contributed by atoms with Crippen LogP contribution in [-0.4, -0.2) is 30.4 Å². The lowest BCUT2D eigenvalue weighted by atomic mass is 9.65. The SMILES string of the molecule is CN(CCc1ccc(Br)cc1)C(=O)C1CC2CCCC(C1)C2N.Cl. The van der Waals surface area contributed by atoms with Crippen molar-refractivity contribution in [3.8, 4) is 0 Å². The molecule has 3 rings (SSSR count). The van der Waals surface area contributed by atoms with E-state index in [9.17, 15) is 4.79 Å². The highest BCUT2D eigenvalue weighted by molar-refractivity contribution is 9.10. The van der Waals surface area contributed by atoms with E-state index in [2.05, 4.69) is 40.2 Å². The summed E-state index contributed by atoms with van der Waals surface area (Å²) in [5, 5.41) is 0. The Balaban J connectivity index is 0.00000208. The molecule has 2 atom stereocenters. The Morgan fingerprint density at radius 3 is 2.38 bits per heavy atom. The lowest BCUT2D eigenvalue weighted by molar-refractivity contribution is -0.137. The van der Waals surface area contributed by atoms with Gasteiger partial charge in [0, 0.05) is 30.0 Å². The van der Waals surface area contributed by atoms with Crippen molar-refractivity contribution in [3.05, 3.63) is 34.3 Å². The van der Waals surface area contributed by atoms with Gasteiger partial charge in [0.1, 0.15) is 0 Å². The summed E-state index contributed by atoms with van der Waals surface area (Å²) in [7, 11) is 1.95. The third kappa shape index (κ3) is 4.53. The molecule has 2 saturated carbocycles. The molecule has 0 aromatic heterocycles. The summed E-state index contributed by atoms with van der Waals surface area (Å²) in [4.78, 5) is 14.7. The number of carbonyl (C=O) groups is 1. The highest BCUT2D eigenvalue weighted by Crippen LogP contribution is 2.42. The fourth-order valence-corrected chi connectivity index (χ4v) is 4.62. The van der Waals surface area contributed by atoms with Gasteiger partial charge in [-0.25, -0.2) is 0 Å². The van der Waals surface area contributed by atoms with Gasteiger partial charge in [-0.15, -0.1) is 12.4 Å². The lowest BCUT2D eigenvalue weighted by Gasteiger charge is -2.44. The molecule has 134 valence electrons. The largest absolute Gasteiger partial charge is 0.345 e. The third-order valence-electron chi connectivity index (χ3n) is 5.79. The second-order valence-electron chi connectivity index (χ2n) is 7.33. The maximum atomic E-state index is 12.8. The number of amides is 1. The van der Waals surface area contributed by atoms with Crippen LogP contribution in [0.2, 0.25) is 0 Å². The molecule has 0 spiro atoms. The van der Waals surface area contributed by atoms with E-state index in [4.69, 9.17) is 5.73 Å². The fraction of sp³-hybridized carbons (Fsp3) is 0.632. The van der Waals surface area contributed by atoms with Crippen molar-refractivity contribution in [2.45, 2.75) is 44.6 Å². The number of carbonyl (C=O) groups excluding carboxylic acids is 1. The zero-order valence-electron chi connectivity index (χ0n) is 14.3. The number of nitrogens with two attached hydrogens (primary N) is 1. The van der Waals surface area contributed by atoms with Gasteiger partial charge in [0.15, 0.2) is 0 Å². The molecule has 2 aliphatic carbocycles. The molecule has 2 bridgehead atoms. The Bertz CT molecular complexity index is 537. The second-order valence-corrected chi connectivity index (χ2v) is 8.25. The lowest BCUT2D eigenvalue weighted by Crippen LogP contribution is -2.49. The predicted molar refractivity (Wildman–Crippen MR) is 104 cm³/mol. The summed E-state index contributed by atoms with van der Waals surface area (Å²) in [6, 6.07) is 8.68. The summed E-state index contributed by atoms with van der Waals surface area (Å²) in [5.41, 5.74) is 7.61. The quantitative estimate of drug-likeness (QED) is 0.807. The van der Waals surface area contributed by atoms with E-state index in [1.807, 2.05) is 11.9 Å². The Labute approximate surface area is 159 Å².